The van der Waals surface area contributed by atoms with E-state index < -0.39 is 0 Å². The van der Waals surface area contributed by atoms with E-state index in [1.54, 1.807) is 6.33 Å². The van der Waals surface area contributed by atoms with Crippen LogP contribution in [-0.4, -0.2) is 36.1 Å². The Labute approximate surface area is 110 Å². The molecular formula is C13H25N5. The number of nitrogens with one attached hydrogen (secondary N) is 1. The molecular weight excluding hydrogens is 226 g/mol. The van der Waals surface area contributed by atoms with E-state index in [4.69, 9.17) is 5.73 Å². The van der Waals surface area contributed by atoms with Crippen LogP contribution in [0.15, 0.2) is 12.4 Å². The fourth-order valence-electron chi connectivity index (χ4n) is 1.85. The van der Waals surface area contributed by atoms with Crippen LogP contribution in [0.3, 0.4) is 0 Å². The zero-order valence-electron chi connectivity index (χ0n) is 11.8. The topological polar surface area (TPSA) is 67.1 Å². The van der Waals surface area contributed by atoms with Crippen molar-refractivity contribution < 1.29 is 0 Å². The molecule has 0 saturated heterocycles. The molecule has 0 radical (unpaired) electrons. The Morgan fingerprint density at radius 3 is 2.67 bits per heavy atom. The molecule has 1 rings (SSSR count). The lowest BCUT2D eigenvalue weighted by molar-refractivity contribution is 0.634. The van der Waals surface area contributed by atoms with E-state index in [1.165, 1.54) is 0 Å². The standard InChI is InChI=1S/C13H25N5/c1-10(2)8-18(4)13-7-12(15-9-16-13)17-11(3)5-6-14/h7,9-11H,5-6,8,14H2,1-4H3,(H,15,16,17). The quantitative estimate of drug-likeness (QED) is 0.772. The Bertz CT molecular complexity index is 353. The average Bonchev–Trinajstić information content (AvgIpc) is 2.28. The fourth-order valence-corrected chi connectivity index (χ4v) is 1.85. The Balaban J connectivity index is 2.66. The second-order valence-corrected chi connectivity index (χ2v) is 5.16. The molecule has 0 aliphatic carbocycles. The second kappa shape index (κ2) is 7.16. The summed E-state index contributed by atoms with van der Waals surface area (Å²) in [7, 11) is 2.05. The molecule has 3 N–H and O–H groups in total. The first-order valence-electron chi connectivity index (χ1n) is 6.52. The first-order valence-corrected chi connectivity index (χ1v) is 6.52. The predicted molar refractivity (Wildman–Crippen MR) is 76.9 cm³/mol. The van der Waals surface area contributed by atoms with Crippen molar-refractivity contribution in [2.45, 2.75) is 33.2 Å². The minimum atomic E-state index is 0.327. The van der Waals surface area contributed by atoms with E-state index in [-0.39, 0.29) is 0 Å². The number of nitrogens with two attached hydrogens (primary N) is 1. The van der Waals surface area contributed by atoms with Crippen molar-refractivity contribution in [3.8, 4) is 0 Å². The maximum atomic E-state index is 5.54. The van der Waals surface area contributed by atoms with Crippen molar-refractivity contribution in [3.63, 3.8) is 0 Å². The predicted octanol–water partition coefficient (Wildman–Crippen LogP) is 1.72. The SMILES string of the molecule is CC(C)CN(C)c1cc(NC(C)CCN)ncn1. The Kier molecular flexibility index (Phi) is 5.85. The number of anilines is 2. The maximum Gasteiger partial charge on any atom is 0.133 e. The molecule has 0 aromatic carbocycles. The van der Waals surface area contributed by atoms with Crippen LogP contribution in [0.25, 0.3) is 0 Å². The van der Waals surface area contributed by atoms with Crippen molar-refractivity contribution >= 4 is 11.6 Å². The van der Waals surface area contributed by atoms with Gasteiger partial charge < -0.3 is 16.0 Å². The molecule has 0 amide bonds. The first kappa shape index (κ1) is 14.7. The minimum absolute atomic E-state index is 0.327. The third-order valence-electron chi connectivity index (χ3n) is 2.68. The Morgan fingerprint density at radius 1 is 1.33 bits per heavy atom. The maximum absolute atomic E-state index is 5.54. The summed E-state index contributed by atoms with van der Waals surface area (Å²) >= 11 is 0. The van der Waals surface area contributed by atoms with Crippen LogP contribution in [0, 0.1) is 5.92 Å². The number of rotatable bonds is 7. The van der Waals surface area contributed by atoms with E-state index in [9.17, 15) is 0 Å². The van der Waals surface area contributed by atoms with Crippen LogP contribution >= 0.6 is 0 Å². The highest BCUT2D eigenvalue weighted by Gasteiger charge is 2.07. The van der Waals surface area contributed by atoms with Gasteiger partial charge in [-0.05, 0) is 25.8 Å². The molecule has 1 aromatic heterocycles. The van der Waals surface area contributed by atoms with Crippen LogP contribution in [-0.2, 0) is 0 Å². The van der Waals surface area contributed by atoms with Gasteiger partial charge in [-0.2, -0.15) is 0 Å². The molecule has 102 valence electrons. The second-order valence-electron chi connectivity index (χ2n) is 5.16. The summed E-state index contributed by atoms with van der Waals surface area (Å²) in [6.45, 7) is 8.15. The highest BCUT2D eigenvalue weighted by molar-refractivity contribution is 5.48. The van der Waals surface area contributed by atoms with Gasteiger partial charge in [0, 0.05) is 25.7 Å². The minimum Gasteiger partial charge on any atom is -0.367 e. The van der Waals surface area contributed by atoms with E-state index in [0.717, 1.165) is 24.6 Å². The summed E-state index contributed by atoms with van der Waals surface area (Å²) in [5, 5.41) is 3.33. The summed E-state index contributed by atoms with van der Waals surface area (Å²) in [6, 6.07) is 2.31. The fraction of sp³-hybridized carbons (Fsp3) is 0.692. The first-order chi connectivity index (χ1) is 8.52. The molecule has 5 heteroatoms. The number of hydrogen-bond donors (Lipinski definition) is 2. The summed E-state index contributed by atoms with van der Waals surface area (Å²) in [6.07, 6.45) is 2.53. The van der Waals surface area contributed by atoms with Crippen LogP contribution in [0.2, 0.25) is 0 Å². The van der Waals surface area contributed by atoms with E-state index >= 15 is 0 Å². The Morgan fingerprint density at radius 2 is 2.06 bits per heavy atom. The van der Waals surface area contributed by atoms with Crippen LogP contribution in [0.1, 0.15) is 27.2 Å². The Hall–Kier alpha value is -1.36. The van der Waals surface area contributed by atoms with Crippen molar-refractivity contribution in [1.29, 1.82) is 0 Å². The molecule has 0 bridgehead atoms. The number of hydrogen-bond acceptors (Lipinski definition) is 5. The molecule has 5 nitrogen and oxygen atoms in total. The van der Waals surface area contributed by atoms with Crippen molar-refractivity contribution in [2.24, 2.45) is 11.7 Å². The van der Waals surface area contributed by atoms with Crippen LogP contribution in [0.5, 0.6) is 0 Å². The number of nitrogens with zero attached hydrogens (tertiary/aromatic N) is 3. The van der Waals surface area contributed by atoms with Gasteiger partial charge in [0.05, 0.1) is 0 Å². The third kappa shape index (κ3) is 4.87. The van der Waals surface area contributed by atoms with Crippen LogP contribution in [0.4, 0.5) is 11.6 Å². The lowest BCUT2D eigenvalue weighted by Crippen LogP contribution is -2.24. The van der Waals surface area contributed by atoms with Crippen molar-refractivity contribution in [1.82, 2.24) is 9.97 Å². The highest BCUT2D eigenvalue weighted by atomic mass is 15.2. The molecule has 1 heterocycles. The molecule has 0 aliphatic heterocycles. The zero-order chi connectivity index (χ0) is 13.5. The summed E-state index contributed by atoms with van der Waals surface area (Å²) in [5.41, 5.74) is 5.54. The van der Waals surface area contributed by atoms with Crippen molar-refractivity contribution in [3.05, 3.63) is 12.4 Å². The van der Waals surface area contributed by atoms with Crippen molar-refractivity contribution in [2.75, 3.05) is 30.4 Å². The van der Waals surface area contributed by atoms with Gasteiger partial charge in [0.1, 0.15) is 18.0 Å². The molecule has 1 unspecified atom stereocenters. The third-order valence-corrected chi connectivity index (χ3v) is 2.68. The van der Waals surface area contributed by atoms with Gasteiger partial charge in [-0.25, -0.2) is 9.97 Å². The monoisotopic (exact) mass is 251 g/mol. The molecule has 0 saturated carbocycles. The normalized spacial score (nSPS) is 12.6. The van der Waals surface area contributed by atoms with Gasteiger partial charge >= 0.3 is 0 Å². The summed E-state index contributed by atoms with van der Waals surface area (Å²) in [4.78, 5) is 10.7. The molecule has 1 atom stereocenters. The summed E-state index contributed by atoms with van der Waals surface area (Å²) in [5.74, 6) is 2.41. The lowest BCUT2D eigenvalue weighted by atomic mass is 10.2. The average molecular weight is 251 g/mol. The molecule has 0 aliphatic rings. The van der Waals surface area contributed by atoms with Gasteiger partial charge in [-0.3, -0.25) is 0 Å². The molecule has 1 aromatic rings. The lowest BCUT2D eigenvalue weighted by Gasteiger charge is -2.21. The number of aromatic nitrogens is 2. The largest absolute Gasteiger partial charge is 0.367 e. The molecule has 0 spiro atoms. The van der Waals surface area contributed by atoms with Gasteiger partial charge in [0.2, 0.25) is 0 Å². The van der Waals surface area contributed by atoms with Gasteiger partial charge in [-0.15, -0.1) is 0 Å². The van der Waals surface area contributed by atoms with Gasteiger partial charge in [0.15, 0.2) is 0 Å². The van der Waals surface area contributed by atoms with Crippen LogP contribution < -0.4 is 16.0 Å². The zero-order valence-corrected chi connectivity index (χ0v) is 11.8. The molecule has 0 fully saturated rings. The summed E-state index contributed by atoms with van der Waals surface area (Å²) < 4.78 is 0. The van der Waals surface area contributed by atoms with E-state index in [2.05, 4.69) is 48.0 Å². The van der Waals surface area contributed by atoms with Gasteiger partial charge in [0.25, 0.3) is 0 Å². The van der Waals surface area contributed by atoms with Gasteiger partial charge in [-0.1, -0.05) is 13.8 Å². The molecule has 18 heavy (non-hydrogen) atoms. The van der Waals surface area contributed by atoms with E-state index in [1.807, 2.05) is 6.07 Å². The highest BCUT2D eigenvalue weighted by Crippen LogP contribution is 2.14. The smallest absolute Gasteiger partial charge is 0.133 e. The van der Waals surface area contributed by atoms with E-state index in [0.29, 0.717) is 18.5 Å².